The molecule has 2 N–H and O–H groups in total. The van der Waals surface area contributed by atoms with Crippen molar-refractivity contribution in [3.63, 3.8) is 0 Å². The smallest absolute Gasteiger partial charge is 0.209 e. The summed E-state index contributed by atoms with van der Waals surface area (Å²) in [5, 5.41) is 0.799. The second-order valence-electron chi connectivity index (χ2n) is 4.52. The Kier molecular flexibility index (Phi) is 5.43. The molecule has 0 aliphatic carbocycles. The van der Waals surface area contributed by atoms with E-state index in [4.69, 9.17) is 5.73 Å². The zero-order chi connectivity index (χ0) is 14.4. The number of anilines is 2. The second-order valence-corrected chi connectivity index (χ2v) is 5.25. The van der Waals surface area contributed by atoms with Gasteiger partial charge in [0.1, 0.15) is 11.6 Å². The van der Waals surface area contributed by atoms with Crippen molar-refractivity contribution in [2.24, 2.45) is 5.73 Å². The van der Waals surface area contributed by atoms with Crippen molar-refractivity contribution in [2.45, 2.75) is 26.2 Å². The fraction of sp³-hybridized carbons (Fsp3) is 0.429. The lowest BCUT2D eigenvalue weighted by Crippen LogP contribution is -2.21. The van der Waals surface area contributed by atoms with Gasteiger partial charge in [-0.1, -0.05) is 13.0 Å². The van der Waals surface area contributed by atoms with Crippen LogP contribution in [0.15, 0.2) is 24.3 Å². The molecule has 0 unspecified atom stereocenters. The summed E-state index contributed by atoms with van der Waals surface area (Å²) >= 11 is 1.35. The van der Waals surface area contributed by atoms with E-state index >= 15 is 0 Å². The summed E-state index contributed by atoms with van der Waals surface area (Å²) in [5.41, 5.74) is 6.37. The van der Waals surface area contributed by atoms with Crippen LogP contribution in [0.25, 0.3) is 0 Å². The molecule has 0 radical (unpaired) electrons. The number of rotatable bonds is 7. The van der Waals surface area contributed by atoms with Gasteiger partial charge in [0, 0.05) is 30.2 Å². The highest BCUT2D eigenvalue weighted by Crippen LogP contribution is 2.27. The van der Waals surface area contributed by atoms with Crippen molar-refractivity contribution in [3.8, 4) is 0 Å². The summed E-state index contributed by atoms with van der Waals surface area (Å²) in [6.45, 7) is 3.40. The standard InChI is InChI=1S/C14H19FN4S/c1-2-5-13-17-14(20-18-13)19(9-4-8-16)12-7-3-6-11(15)10-12/h3,6-7,10H,2,4-5,8-9,16H2,1H3. The van der Waals surface area contributed by atoms with E-state index in [9.17, 15) is 4.39 Å². The van der Waals surface area contributed by atoms with Gasteiger partial charge in [0.25, 0.3) is 0 Å². The molecule has 108 valence electrons. The Labute approximate surface area is 122 Å². The van der Waals surface area contributed by atoms with Crippen LogP contribution in [0, 0.1) is 5.82 Å². The summed E-state index contributed by atoms with van der Waals surface area (Å²) in [5.74, 6) is 0.597. The lowest BCUT2D eigenvalue weighted by atomic mass is 10.2. The van der Waals surface area contributed by atoms with Gasteiger partial charge < -0.3 is 10.6 Å². The molecule has 0 spiro atoms. The largest absolute Gasteiger partial charge is 0.330 e. The first-order valence-electron chi connectivity index (χ1n) is 6.80. The Morgan fingerprint density at radius 2 is 2.25 bits per heavy atom. The maximum Gasteiger partial charge on any atom is 0.209 e. The molecule has 4 nitrogen and oxygen atoms in total. The molecule has 0 aliphatic heterocycles. The molecule has 0 saturated heterocycles. The topological polar surface area (TPSA) is 55.0 Å². The number of aromatic nitrogens is 2. The van der Waals surface area contributed by atoms with Crippen LogP contribution in [0.4, 0.5) is 15.2 Å². The number of hydrogen-bond acceptors (Lipinski definition) is 5. The predicted molar refractivity (Wildman–Crippen MR) is 81.0 cm³/mol. The van der Waals surface area contributed by atoms with Gasteiger partial charge in [-0.25, -0.2) is 9.37 Å². The van der Waals surface area contributed by atoms with Gasteiger partial charge in [-0.2, -0.15) is 4.37 Å². The van der Waals surface area contributed by atoms with E-state index < -0.39 is 0 Å². The molecule has 0 amide bonds. The molecule has 0 fully saturated rings. The first-order chi connectivity index (χ1) is 9.74. The minimum atomic E-state index is -0.251. The van der Waals surface area contributed by atoms with Gasteiger partial charge in [0.15, 0.2) is 0 Å². The van der Waals surface area contributed by atoms with E-state index in [-0.39, 0.29) is 5.82 Å². The van der Waals surface area contributed by atoms with Crippen LogP contribution in [-0.4, -0.2) is 22.4 Å². The normalized spacial score (nSPS) is 10.8. The quantitative estimate of drug-likeness (QED) is 0.852. The van der Waals surface area contributed by atoms with Crippen LogP contribution in [-0.2, 0) is 6.42 Å². The molecule has 6 heteroatoms. The van der Waals surface area contributed by atoms with Crippen molar-refractivity contribution in [1.29, 1.82) is 0 Å². The minimum Gasteiger partial charge on any atom is -0.330 e. The lowest BCUT2D eigenvalue weighted by molar-refractivity contribution is 0.627. The molecule has 0 aliphatic rings. The van der Waals surface area contributed by atoms with Gasteiger partial charge in [-0.05, 0) is 37.6 Å². The number of nitrogens with zero attached hydrogens (tertiary/aromatic N) is 3. The van der Waals surface area contributed by atoms with Gasteiger partial charge in [0.05, 0.1) is 0 Å². The Hall–Kier alpha value is -1.53. The summed E-state index contributed by atoms with van der Waals surface area (Å²) in [4.78, 5) is 6.51. The third kappa shape index (κ3) is 3.74. The Balaban J connectivity index is 2.26. The molecular formula is C14H19FN4S. The van der Waals surface area contributed by atoms with Crippen LogP contribution in [0.1, 0.15) is 25.6 Å². The maximum atomic E-state index is 13.4. The highest BCUT2D eigenvalue weighted by atomic mass is 32.1. The third-order valence-corrected chi connectivity index (χ3v) is 3.64. The van der Waals surface area contributed by atoms with E-state index in [1.54, 1.807) is 6.07 Å². The highest BCUT2D eigenvalue weighted by Gasteiger charge is 2.14. The summed E-state index contributed by atoms with van der Waals surface area (Å²) in [6, 6.07) is 6.53. The Morgan fingerprint density at radius 3 is 2.95 bits per heavy atom. The van der Waals surface area contributed by atoms with Crippen LogP contribution in [0.3, 0.4) is 0 Å². The summed E-state index contributed by atoms with van der Waals surface area (Å²) in [7, 11) is 0. The average Bonchev–Trinajstić information content (AvgIpc) is 2.88. The minimum absolute atomic E-state index is 0.251. The van der Waals surface area contributed by atoms with Crippen LogP contribution in [0.5, 0.6) is 0 Å². The molecule has 0 bridgehead atoms. The van der Waals surface area contributed by atoms with Gasteiger partial charge in [0.2, 0.25) is 5.13 Å². The molecular weight excluding hydrogens is 275 g/mol. The molecule has 0 saturated carbocycles. The number of benzene rings is 1. The maximum absolute atomic E-state index is 13.4. The van der Waals surface area contributed by atoms with Crippen molar-refractivity contribution >= 4 is 22.4 Å². The first kappa shape index (κ1) is 14.9. The van der Waals surface area contributed by atoms with Crippen molar-refractivity contribution in [1.82, 2.24) is 9.36 Å². The second kappa shape index (κ2) is 7.31. The summed E-state index contributed by atoms with van der Waals surface area (Å²) in [6.07, 6.45) is 2.70. The third-order valence-electron chi connectivity index (χ3n) is 2.87. The number of nitrogens with two attached hydrogens (primary N) is 1. The van der Waals surface area contributed by atoms with Crippen molar-refractivity contribution in [2.75, 3.05) is 18.0 Å². The number of aryl methyl sites for hydroxylation is 1. The molecule has 2 aromatic rings. The average molecular weight is 294 g/mol. The fourth-order valence-electron chi connectivity index (χ4n) is 1.91. The van der Waals surface area contributed by atoms with E-state index in [1.165, 1.54) is 23.7 Å². The van der Waals surface area contributed by atoms with Gasteiger partial charge in [-0.3, -0.25) is 0 Å². The molecule has 1 heterocycles. The molecule has 1 aromatic heterocycles. The number of halogens is 1. The van der Waals surface area contributed by atoms with E-state index in [0.29, 0.717) is 13.1 Å². The highest BCUT2D eigenvalue weighted by molar-refractivity contribution is 7.09. The predicted octanol–water partition coefficient (Wildman–Crippen LogP) is 3.12. The van der Waals surface area contributed by atoms with Crippen LogP contribution < -0.4 is 10.6 Å². The van der Waals surface area contributed by atoms with E-state index in [0.717, 1.165) is 35.9 Å². The summed E-state index contributed by atoms with van der Waals surface area (Å²) < 4.78 is 17.8. The lowest BCUT2D eigenvalue weighted by Gasteiger charge is -2.21. The monoisotopic (exact) mass is 294 g/mol. The number of hydrogen-bond donors (Lipinski definition) is 1. The van der Waals surface area contributed by atoms with Crippen molar-refractivity contribution < 1.29 is 4.39 Å². The van der Waals surface area contributed by atoms with Gasteiger partial charge in [-0.15, -0.1) is 0 Å². The van der Waals surface area contributed by atoms with Crippen LogP contribution >= 0.6 is 11.5 Å². The SMILES string of the molecule is CCCc1nsc(N(CCCN)c2cccc(F)c2)n1. The van der Waals surface area contributed by atoms with E-state index in [2.05, 4.69) is 16.3 Å². The zero-order valence-electron chi connectivity index (χ0n) is 11.6. The molecule has 0 atom stereocenters. The first-order valence-corrected chi connectivity index (χ1v) is 7.57. The van der Waals surface area contributed by atoms with Crippen LogP contribution in [0.2, 0.25) is 0 Å². The van der Waals surface area contributed by atoms with Gasteiger partial charge >= 0.3 is 0 Å². The zero-order valence-corrected chi connectivity index (χ0v) is 12.4. The van der Waals surface area contributed by atoms with E-state index in [1.807, 2.05) is 11.0 Å². The molecule has 2 rings (SSSR count). The fourth-order valence-corrected chi connectivity index (χ4v) is 2.67. The molecule has 20 heavy (non-hydrogen) atoms. The molecule has 1 aromatic carbocycles. The Morgan fingerprint density at radius 1 is 1.40 bits per heavy atom. The van der Waals surface area contributed by atoms with Crippen molar-refractivity contribution in [3.05, 3.63) is 35.9 Å². The Bertz CT molecular complexity index is 543.